The number of alkyl halides is 3. The van der Waals surface area contributed by atoms with E-state index in [0.717, 1.165) is 23.4 Å². The summed E-state index contributed by atoms with van der Waals surface area (Å²) >= 11 is 1.74. The summed E-state index contributed by atoms with van der Waals surface area (Å²) in [5.41, 5.74) is 2.59. The van der Waals surface area contributed by atoms with Crippen LogP contribution >= 0.6 is 11.8 Å². The number of hydrogen-bond acceptors (Lipinski definition) is 6. The van der Waals surface area contributed by atoms with Gasteiger partial charge in [-0.05, 0) is 55.4 Å². The van der Waals surface area contributed by atoms with Crippen molar-refractivity contribution in [1.29, 1.82) is 0 Å². The Morgan fingerprint density at radius 1 is 1.30 bits per heavy atom. The molecule has 11 heteroatoms. The number of ether oxygens (including phenoxy) is 1. The summed E-state index contributed by atoms with van der Waals surface area (Å²) in [5, 5.41) is 6.65. The number of aryl methyl sites for hydroxylation is 1. The number of carbonyl (C=O) groups excluding carboxylic acids is 1. The third kappa shape index (κ3) is 5.52. The van der Waals surface area contributed by atoms with Gasteiger partial charge in [0, 0.05) is 18.2 Å². The lowest BCUT2D eigenvalue weighted by molar-refractivity contribution is -0.274. The van der Waals surface area contributed by atoms with Crippen LogP contribution in [0.1, 0.15) is 24.1 Å². The molecule has 1 aliphatic carbocycles. The number of amides is 1. The van der Waals surface area contributed by atoms with Gasteiger partial charge in [-0.3, -0.25) is 4.79 Å². The molecule has 1 atom stereocenters. The fourth-order valence-electron chi connectivity index (χ4n) is 4.04. The summed E-state index contributed by atoms with van der Waals surface area (Å²) in [5.74, 6) is 0.829. The van der Waals surface area contributed by atoms with Crippen molar-refractivity contribution in [3.8, 4) is 5.75 Å². The summed E-state index contributed by atoms with van der Waals surface area (Å²) in [6.07, 6.45) is 1.38. The average molecular weight is 480 g/mol. The Hall–Kier alpha value is -2.95. The average Bonchev–Trinajstić information content (AvgIpc) is 3.16. The number of fused-ring (bicyclic) bond motifs is 3. The number of benzene rings is 1. The molecule has 0 bridgehead atoms. The number of nitrogens with zero attached hydrogens (tertiary/aromatic N) is 2. The first-order valence-electron chi connectivity index (χ1n) is 10.6. The van der Waals surface area contributed by atoms with Crippen LogP contribution < -0.4 is 15.4 Å². The number of thioether (sulfide) groups is 1. The largest absolute Gasteiger partial charge is 0.573 e. The highest BCUT2D eigenvalue weighted by atomic mass is 32.2. The van der Waals surface area contributed by atoms with Crippen LogP contribution in [0.3, 0.4) is 0 Å². The number of para-hydroxylation sites is 2. The highest BCUT2D eigenvalue weighted by Crippen LogP contribution is 2.37. The topological polar surface area (TPSA) is 91.9 Å². The SMILES string of the molecule is CSCCCNC(=O)C1CCc2[nH]c3ncnc(Nc4ccccc4OC(F)(F)F)c3c2C1. The van der Waals surface area contributed by atoms with Crippen molar-refractivity contribution in [2.75, 3.05) is 23.9 Å². The van der Waals surface area contributed by atoms with Gasteiger partial charge >= 0.3 is 6.36 Å². The second kappa shape index (κ2) is 9.90. The van der Waals surface area contributed by atoms with Gasteiger partial charge in [0.1, 0.15) is 17.8 Å². The minimum Gasteiger partial charge on any atom is -0.404 e. The zero-order chi connectivity index (χ0) is 23.4. The third-order valence-corrected chi connectivity index (χ3v) is 6.23. The van der Waals surface area contributed by atoms with Crippen LogP contribution in [0.15, 0.2) is 30.6 Å². The highest BCUT2D eigenvalue weighted by Gasteiger charge is 2.33. The van der Waals surface area contributed by atoms with Gasteiger partial charge in [-0.1, -0.05) is 12.1 Å². The van der Waals surface area contributed by atoms with E-state index < -0.39 is 6.36 Å². The predicted molar refractivity (Wildman–Crippen MR) is 122 cm³/mol. The molecule has 33 heavy (non-hydrogen) atoms. The van der Waals surface area contributed by atoms with E-state index in [-0.39, 0.29) is 23.3 Å². The Morgan fingerprint density at radius 3 is 2.91 bits per heavy atom. The fourth-order valence-corrected chi connectivity index (χ4v) is 4.48. The molecule has 0 saturated heterocycles. The zero-order valence-electron chi connectivity index (χ0n) is 18.0. The van der Waals surface area contributed by atoms with Crippen molar-refractivity contribution >= 4 is 40.2 Å². The van der Waals surface area contributed by atoms with Crippen LogP contribution in [0.5, 0.6) is 5.75 Å². The molecule has 2 heterocycles. The molecule has 1 aromatic carbocycles. The van der Waals surface area contributed by atoms with E-state index in [2.05, 4.69) is 30.3 Å². The molecule has 0 saturated carbocycles. The standard InChI is InChI=1S/C22H24F3N5O2S/c1-33-10-4-9-26-21(31)13-7-8-15-14(11-13)18-19(29-15)27-12-28-20(18)30-16-5-2-3-6-17(16)32-22(23,24)25/h2-3,5-6,12-13H,4,7-11H2,1H3,(H,26,31)(H2,27,28,29,30). The Labute approximate surface area is 192 Å². The lowest BCUT2D eigenvalue weighted by atomic mass is 9.86. The number of carbonyl (C=O) groups is 1. The molecule has 2 aromatic heterocycles. The maximum atomic E-state index is 12.8. The number of rotatable bonds is 8. The van der Waals surface area contributed by atoms with Crippen molar-refractivity contribution in [1.82, 2.24) is 20.3 Å². The quantitative estimate of drug-likeness (QED) is 0.410. The Balaban J connectivity index is 1.59. The Kier molecular flexibility index (Phi) is 6.96. The number of aromatic nitrogens is 3. The molecule has 0 spiro atoms. The van der Waals surface area contributed by atoms with Gasteiger partial charge in [-0.2, -0.15) is 11.8 Å². The summed E-state index contributed by atoms with van der Waals surface area (Å²) in [6.45, 7) is 0.642. The molecule has 176 valence electrons. The molecule has 1 aliphatic rings. The number of anilines is 2. The van der Waals surface area contributed by atoms with Crippen LogP contribution in [0.25, 0.3) is 11.0 Å². The molecule has 3 aromatic rings. The van der Waals surface area contributed by atoms with Gasteiger partial charge in [0.25, 0.3) is 0 Å². The molecule has 4 rings (SSSR count). The molecule has 1 amide bonds. The van der Waals surface area contributed by atoms with E-state index >= 15 is 0 Å². The lowest BCUT2D eigenvalue weighted by Crippen LogP contribution is -2.34. The molecular weight excluding hydrogens is 455 g/mol. The number of aromatic amines is 1. The van der Waals surface area contributed by atoms with Crippen molar-refractivity contribution < 1.29 is 22.7 Å². The number of halogens is 3. The van der Waals surface area contributed by atoms with Gasteiger partial charge in [0.2, 0.25) is 5.91 Å². The van der Waals surface area contributed by atoms with Crippen LogP contribution in [-0.2, 0) is 17.6 Å². The first kappa shape index (κ1) is 23.2. The van der Waals surface area contributed by atoms with Crippen LogP contribution in [0, 0.1) is 5.92 Å². The summed E-state index contributed by atoms with van der Waals surface area (Å²) in [7, 11) is 0. The van der Waals surface area contributed by atoms with Crippen molar-refractivity contribution in [3.05, 3.63) is 41.9 Å². The lowest BCUT2D eigenvalue weighted by Gasteiger charge is -2.22. The van der Waals surface area contributed by atoms with Crippen molar-refractivity contribution in [3.63, 3.8) is 0 Å². The van der Waals surface area contributed by atoms with Crippen molar-refractivity contribution in [2.24, 2.45) is 5.92 Å². The minimum absolute atomic E-state index is 0.0198. The molecule has 3 N–H and O–H groups in total. The van der Waals surface area contributed by atoms with E-state index in [1.54, 1.807) is 17.8 Å². The van der Waals surface area contributed by atoms with Gasteiger partial charge in [-0.25, -0.2) is 9.97 Å². The van der Waals surface area contributed by atoms with Gasteiger partial charge < -0.3 is 20.4 Å². The van der Waals surface area contributed by atoms with E-state index in [0.29, 0.717) is 42.7 Å². The Morgan fingerprint density at radius 2 is 2.12 bits per heavy atom. The zero-order valence-corrected chi connectivity index (χ0v) is 18.8. The maximum Gasteiger partial charge on any atom is 0.573 e. The smallest absolute Gasteiger partial charge is 0.404 e. The van der Waals surface area contributed by atoms with Crippen LogP contribution in [0.2, 0.25) is 0 Å². The first-order valence-corrected chi connectivity index (χ1v) is 12.0. The van der Waals surface area contributed by atoms with E-state index in [4.69, 9.17) is 0 Å². The Bertz CT molecular complexity index is 1130. The van der Waals surface area contributed by atoms with E-state index in [1.165, 1.54) is 24.5 Å². The summed E-state index contributed by atoms with van der Waals surface area (Å²) in [6, 6.07) is 5.79. The molecule has 0 radical (unpaired) electrons. The first-order chi connectivity index (χ1) is 15.9. The van der Waals surface area contributed by atoms with Gasteiger partial charge in [-0.15, -0.1) is 13.2 Å². The molecule has 1 unspecified atom stereocenters. The van der Waals surface area contributed by atoms with E-state index in [9.17, 15) is 18.0 Å². The molecular formula is C22H24F3N5O2S. The molecule has 0 aliphatic heterocycles. The molecule has 0 fully saturated rings. The fraction of sp³-hybridized carbons (Fsp3) is 0.409. The van der Waals surface area contributed by atoms with Crippen LogP contribution in [0.4, 0.5) is 24.7 Å². The predicted octanol–water partition coefficient (Wildman–Crippen LogP) is 4.57. The highest BCUT2D eigenvalue weighted by molar-refractivity contribution is 7.98. The molecule has 7 nitrogen and oxygen atoms in total. The normalized spacial score (nSPS) is 15.8. The van der Waals surface area contributed by atoms with Crippen molar-refractivity contribution in [2.45, 2.75) is 32.0 Å². The monoisotopic (exact) mass is 479 g/mol. The number of nitrogens with one attached hydrogen (secondary N) is 3. The second-order valence-electron chi connectivity index (χ2n) is 7.77. The van der Waals surface area contributed by atoms with Gasteiger partial charge in [0.05, 0.1) is 11.1 Å². The third-order valence-electron chi connectivity index (χ3n) is 5.54. The number of H-pyrrole nitrogens is 1. The van der Waals surface area contributed by atoms with E-state index in [1.807, 2.05) is 6.26 Å². The number of hydrogen-bond donors (Lipinski definition) is 3. The van der Waals surface area contributed by atoms with Crippen LogP contribution in [-0.4, -0.2) is 45.8 Å². The minimum atomic E-state index is -4.82. The maximum absolute atomic E-state index is 12.8. The second-order valence-corrected chi connectivity index (χ2v) is 8.76. The summed E-state index contributed by atoms with van der Waals surface area (Å²) in [4.78, 5) is 24.5. The van der Waals surface area contributed by atoms with Gasteiger partial charge in [0.15, 0.2) is 5.75 Å². The summed E-state index contributed by atoms with van der Waals surface area (Å²) < 4.78 is 42.6.